The molecule has 0 amide bonds. The van der Waals surface area contributed by atoms with E-state index in [1.807, 2.05) is 35.9 Å². The zero-order valence-electron chi connectivity index (χ0n) is 14.5. The van der Waals surface area contributed by atoms with Crippen LogP contribution in [-0.4, -0.2) is 28.4 Å². The Morgan fingerprint density at radius 1 is 1.19 bits per heavy atom. The highest BCUT2D eigenvalue weighted by Gasteiger charge is 2.22. The molecule has 2 aliphatic rings. The van der Waals surface area contributed by atoms with Crippen LogP contribution in [0.1, 0.15) is 28.4 Å². The number of rotatable bonds is 4. The second-order valence-electron chi connectivity index (χ2n) is 6.47. The van der Waals surface area contributed by atoms with Crippen molar-refractivity contribution in [2.75, 3.05) is 13.9 Å². The summed E-state index contributed by atoms with van der Waals surface area (Å²) in [7, 11) is 1.66. The number of aromatic nitrogens is 3. The van der Waals surface area contributed by atoms with Crippen molar-refractivity contribution in [2.24, 2.45) is 0 Å². The minimum atomic E-state index is 0.237. The van der Waals surface area contributed by atoms with Gasteiger partial charge in [0.25, 0.3) is 0 Å². The zero-order valence-corrected chi connectivity index (χ0v) is 15.3. The number of hydrogen-bond donors (Lipinski definition) is 0. The largest absolute Gasteiger partial charge is 0.496 e. The van der Waals surface area contributed by atoms with Gasteiger partial charge in [-0.3, -0.25) is 0 Å². The van der Waals surface area contributed by atoms with Gasteiger partial charge >= 0.3 is 0 Å². The number of imidazole rings is 1. The van der Waals surface area contributed by atoms with Gasteiger partial charge in [-0.25, -0.2) is 9.97 Å². The van der Waals surface area contributed by atoms with Crippen molar-refractivity contribution in [1.82, 2.24) is 14.5 Å². The van der Waals surface area contributed by atoms with E-state index < -0.39 is 0 Å². The molecule has 3 aromatic rings. The third kappa shape index (κ3) is 2.63. The van der Waals surface area contributed by atoms with E-state index in [0.717, 1.165) is 34.3 Å². The van der Waals surface area contributed by atoms with Gasteiger partial charge in [0.05, 0.1) is 24.9 Å². The molecule has 0 atom stereocenters. The van der Waals surface area contributed by atoms with E-state index in [-0.39, 0.29) is 6.79 Å². The molecule has 0 saturated carbocycles. The molecular weight excluding hydrogens is 350 g/mol. The minimum absolute atomic E-state index is 0.237. The van der Waals surface area contributed by atoms with Crippen LogP contribution in [0.5, 0.6) is 17.2 Å². The number of thiazole rings is 1. The molecule has 0 unspecified atom stereocenters. The number of benzene rings is 1. The first-order chi connectivity index (χ1) is 12.8. The third-order valence-electron chi connectivity index (χ3n) is 4.85. The number of ether oxygens (including phenoxy) is 3. The van der Waals surface area contributed by atoms with Crippen LogP contribution in [0.4, 0.5) is 0 Å². The molecule has 0 fully saturated rings. The van der Waals surface area contributed by atoms with E-state index in [9.17, 15) is 0 Å². The first-order valence-electron chi connectivity index (χ1n) is 8.78. The summed E-state index contributed by atoms with van der Waals surface area (Å²) in [5.41, 5.74) is 2.18. The van der Waals surface area contributed by atoms with E-state index in [1.165, 1.54) is 29.8 Å². The molecule has 1 aliphatic carbocycles. The Morgan fingerprint density at radius 3 is 2.88 bits per heavy atom. The Hall–Kier alpha value is -2.54. The summed E-state index contributed by atoms with van der Waals surface area (Å²) in [4.78, 5) is 10.9. The molecule has 0 bridgehead atoms. The first kappa shape index (κ1) is 15.7. The molecule has 0 radical (unpaired) electrons. The van der Waals surface area contributed by atoms with Gasteiger partial charge in [0.1, 0.15) is 16.6 Å². The van der Waals surface area contributed by atoms with Gasteiger partial charge in [0, 0.05) is 23.3 Å². The molecule has 2 aromatic heterocycles. The predicted octanol–water partition coefficient (Wildman–Crippen LogP) is 3.67. The molecular formula is C19H19N3O3S. The summed E-state index contributed by atoms with van der Waals surface area (Å²) in [5, 5.41) is 1.14. The number of hydrogen-bond acceptors (Lipinski definition) is 6. The van der Waals surface area contributed by atoms with Gasteiger partial charge in [-0.2, -0.15) is 0 Å². The van der Waals surface area contributed by atoms with Crippen molar-refractivity contribution < 1.29 is 14.2 Å². The Morgan fingerprint density at radius 2 is 2.04 bits per heavy atom. The summed E-state index contributed by atoms with van der Waals surface area (Å²) in [6.07, 6.45) is 8.60. The molecule has 5 rings (SSSR count). The molecule has 1 aliphatic heterocycles. The fraction of sp³-hybridized carbons (Fsp3) is 0.368. The molecule has 0 N–H and O–H groups in total. The van der Waals surface area contributed by atoms with Crippen molar-refractivity contribution in [1.29, 1.82) is 0 Å². The van der Waals surface area contributed by atoms with E-state index >= 15 is 0 Å². The quantitative estimate of drug-likeness (QED) is 0.702. The van der Waals surface area contributed by atoms with Gasteiger partial charge in [0.15, 0.2) is 11.5 Å². The molecule has 3 heterocycles. The van der Waals surface area contributed by atoms with Crippen LogP contribution in [0.2, 0.25) is 0 Å². The van der Waals surface area contributed by atoms with Crippen LogP contribution in [0.25, 0.3) is 11.4 Å². The summed E-state index contributed by atoms with van der Waals surface area (Å²) >= 11 is 1.83. The van der Waals surface area contributed by atoms with Gasteiger partial charge in [-0.15, -0.1) is 11.3 Å². The third-order valence-corrected chi connectivity index (χ3v) is 5.99. The van der Waals surface area contributed by atoms with Gasteiger partial charge in [0.2, 0.25) is 6.79 Å². The molecule has 0 spiro atoms. The smallest absolute Gasteiger partial charge is 0.231 e. The van der Waals surface area contributed by atoms with Crippen molar-refractivity contribution >= 4 is 11.3 Å². The van der Waals surface area contributed by atoms with Crippen LogP contribution >= 0.6 is 11.3 Å². The lowest BCUT2D eigenvalue weighted by atomic mass is 10.0. The maximum absolute atomic E-state index is 5.56. The lowest BCUT2D eigenvalue weighted by Gasteiger charge is -2.11. The topological polar surface area (TPSA) is 58.4 Å². The zero-order chi connectivity index (χ0) is 17.5. The van der Waals surface area contributed by atoms with E-state index in [2.05, 4.69) is 9.55 Å². The average molecular weight is 369 g/mol. The SMILES string of the molecule is COc1cc2c(cc1-c1nccn1Cc1nc3c(s1)CCCC3)OCO2. The lowest BCUT2D eigenvalue weighted by Crippen LogP contribution is -2.03. The van der Waals surface area contributed by atoms with Gasteiger partial charge < -0.3 is 18.8 Å². The fourth-order valence-electron chi connectivity index (χ4n) is 3.57. The number of fused-ring (bicyclic) bond motifs is 2. The normalized spacial score (nSPS) is 15.1. The second kappa shape index (κ2) is 6.32. The van der Waals surface area contributed by atoms with Gasteiger partial charge in [-0.05, 0) is 31.7 Å². The second-order valence-corrected chi connectivity index (χ2v) is 7.64. The van der Waals surface area contributed by atoms with Crippen LogP contribution < -0.4 is 14.2 Å². The van der Waals surface area contributed by atoms with E-state index in [1.54, 1.807) is 7.11 Å². The summed E-state index contributed by atoms with van der Waals surface area (Å²) < 4.78 is 18.7. The maximum Gasteiger partial charge on any atom is 0.231 e. The highest BCUT2D eigenvalue weighted by atomic mass is 32.1. The average Bonchev–Trinajstić information content (AvgIpc) is 3.39. The summed E-state index contributed by atoms with van der Waals surface area (Å²) in [6, 6.07) is 3.80. The molecule has 6 nitrogen and oxygen atoms in total. The number of aryl methyl sites for hydroxylation is 2. The summed E-state index contributed by atoms with van der Waals surface area (Å²) in [6.45, 7) is 0.950. The predicted molar refractivity (Wildman–Crippen MR) is 98.2 cm³/mol. The van der Waals surface area contributed by atoms with Crippen molar-refractivity contribution in [3.8, 4) is 28.6 Å². The van der Waals surface area contributed by atoms with Crippen LogP contribution in [0.3, 0.4) is 0 Å². The highest BCUT2D eigenvalue weighted by Crippen LogP contribution is 2.42. The Balaban J connectivity index is 1.51. The van der Waals surface area contributed by atoms with Crippen molar-refractivity contribution in [3.63, 3.8) is 0 Å². The Labute approximate surface area is 155 Å². The molecule has 7 heteroatoms. The molecule has 134 valence electrons. The summed E-state index contributed by atoms with van der Waals surface area (Å²) in [5.74, 6) is 2.99. The highest BCUT2D eigenvalue weighted by molar-refractivity contribution is 7.11. The fourth-order valence-corrected chi connectivity index (χ4v) is 4.72. The van der Waals surface area contributed by atoms with Crippen LogP contribution in [0.15, 0.2) is 24.5 Å². The Bertz CT molecular complexity index is 940. The molecule has 26 heavy (non-hydrogen) atoms. The lowest BCUT2D eigenvalue weighted by molar-refractivity contribution is 0.174. The van der Waals surface area contributed by atoms with Crippen LogP contribution in [0, 0.1) is 0 Å². The maximum atomic E-state index is 5.56. The first-order valence-corrected chi connectivity index (χ1v) is 9.60. The van der Waals surface area contributed by atoms with Gasteiger partial charge in [-0.1, -0.05) is 0 Å². The number of nitrogens with zero attached hydrogens (tertiary/aromatic N) is 3. The van der Waals surface area contributed by atoms with Crippen molar-refractivity contribution in [2.45, 2.75) is 32.2 Å². The van der Waals surface area contributed by atoms with E-state index in [4.69, 9.17) is 19.2 Å². The Kier molecular flexibility index (Phi) is 3.81. The van der Waals surface area contributed by atoms with Crippen molar-refractivity contribution in [3.05, 3.63) is 40.1 Å². The molecule has 0 saturated heterocycles. The van der Waals surface area contributed by atoms with E-state index in [0.29, 0.717) is 12.3 Å². The monoisotopic (exact) mass is 369 g/mol. The van der Waals surface area contributed by atoms with Crippen LogP contribution in [-0.2, 0) is 19.4 Å². The number of methoxy groups -OCH3 is 1. The standard InChI is InChI=1S/C19H19N3O3S/c1-23-14-9-16-15(24-11-25-16)8-12(14)19-20-6-7-22(19)10-18-21-13-4-2-3-5-17(13)26-18/h6-9H,2-5,10-11H2,1H3. The minimum Gasteiger partial charge on any atom is -0.496 e. The molecule has 1 aromatic carbocycles.